The predicted octanol–water partition coefficient (Wildman–Crippen LogP) is 3.74. The summed E-state index contributed by atoms with van der Waals surface area (Å²) < 4.78 is 24.2. The number of aliphatic hydroxyl groups is 1. The van der Waals surface area contributed by atoms with E-state index in [0.717, 1.165) is 29.7 Å². The Bertz CT molecular complexity index is 1150. The van der Waals surface area contributed by atoms with Gasteiger partial charge in [-0.3, -0.25) is 14.5 Å². The van der Waals surface area contributed by atoms with E-state index in [2.05, 4.69) is 10.0 Å². The number of unbranched alkanes of at least 4 members (excludes halogenated alkanes) is 3. The summed E-state index contributed by atoms with van der Waals surface area (Å²) in [5, 5.41) is 15.1. The first-order chi connectivity index (χ1) is 18.6. The molecule has 200 valence electrons. The molecule has 0 unspecified atom stereocenters. The van der Waals surface area contributed by atoms with Crippen LogP contribution in [0.5, 0.6) is 0 Å². The van der Waals surface area contributed by atoms with Gasteiger partial charge < -0.3 is 24.1 Å². The Morgan fingerprint density at radius 1 is 0.974 bits per heavy atom. The number of aliphatic hydroxyl groups excluding tert-OH is 1. The van der Waals surface area contributed by atoms with Crippen LogP contribution in [0, 0.1) is 0 Å². The first kappa shape index (κ1) is 26.3. The number of hydrogen-bond acceptors (Lipinski definition) is 8. The van der Waals surface area contributed by atoms with E-state index in [0.29, 0.717) is 19.6 Å². The van der Waals surface area contributed by atoms with Gasteiger partial charge in [0.2, 0.25) is 0 Å². The molecule has 0 aliphatic carbocycles. The van der Waals surface area contributed by atoms with Crippen molar-refractivity contribution < 1.29 is 33.6 Å². The fourth-order valence-electron chi connectivity index (χ4n) is 5.13. The van der Waals surface area contributed by atoms with Crippen molar-refractivity contribution in [3.05, 3.63) is 81.7 Å². The van der Waals surface area contributed by atoms with Crippen LogP contribution < -0.4 is 0 Å². The van der Waals surface area contributed by atoms with Gasteiger partial charge in [0.1, 0.15) is 24.4 Å². The molecule has 0 bridgehead atoms. The molecule has 1 N–H and O–H groups in total. The van der Waals surface area contributed by atoms with Crippen molar-refractivity contribution in [1.82, 2.24) is 4.90 Å². The smallest absolute Gasteiger partial charge is 0.262 e. The summed E-state index contributed by atoms with van der Waals surface area (Å²) in [6.45, 7) is 0.893. The summed E-state index contributed by atoms with van der Waals surface area (Å²) in [5.41, 5.74) is 9.71. The number of hydrogen-bond donors (Lipinski definition) is 1. The molecule has 2 aromatic carbocycles. The number of rotatable bonds is 10. The number of imide groups is 1. The fourth-order valence-corrected chi connectivity index (χ4v) is 5.13. The highest BCUT2D eigenvalue weighted by Gasteiger charge is 2.55. The van der Waals surface area contributed by atoms with Gasteiger partial charge in [-0.15, -0.1) is 0 Å². The molecule has 0 saturated carbocycles. The lowest BCUT2D eigenvalue weighted by Crippen LogP contribution is -2.67. The van der Waals surface area contributed by atoms with E-state index in [-0.39, 0.29) is 17.7 Å². The second-order valence-electron chi connectivity index (χ2n) is 9.47. The summed E-state index contributed by atoms with van der Waals surface area (Å²) in [4.78, 5) is 30.4. The lowest BCUT2D eigenvalue weighted by atomic mass is 9.94. The number of fused-ring (bicyclic) bond motifs is 2. The first-order valence-electron chi connectivity index (χ1n) is 12.8. The average molecular weight is 523 g/mol. The van der Waals surface area contributed by atoms with Crippen LogP contribution in [0.2, 0.25) is 0 Å². The van der Waals surface area contributed by atoms with Crippen molar-refractivity contribution in [1.29, 1.82) is 0 Å². The fraction of sp³-hybridized carbons (Fsp3) is 0.481. The maximum Gasteiger partial charge on any atom is 0.262 e. The van der Waals surface area contributed by atoms with Gasteiger partial charge in [0.25, 0.3) is 11.8 Å². The Labute approximate surface area is 219 Å². The third kappa shape index (κ3) is 5.30. The standard InChI is InChI=1S/C27H30N4O7/c28-30-29-14-8-1-2-9-15-35-27-21(31-24(33)18-12-6-7-13-19(18)25(31)34)22(32)23-20(37-27)16-36-26(38-23)17-10-4-3-5-11-17/h3-7,10-13,20-23,26-27,32H,1-2,8-9,14-16H2/t20-,21-,22-,23-,26-,27-/m1/s1. The SMILES string of the molecule is [N-]=[N+]=NCCCCCCO[C@@H]1O[C@@H]2CO[C@@H](c3ccccc3)O[C@H]2[C@H](O)[C@H]1N1C(=O)c2ccccc2C1=O. The third-order valence-electron chi connectivity index (χ3n) is 7.03. The van der Waals surface area contributed by atoms with Gasteiger partial charge in [-0.25, -0.2) is 0 Å². The van der Waals surface area contributed by atoms with Crippen LogP contribution in [-0.2, 0) is 18.9 Å². The maximum atomic E-state index is 13.3. The highest BCUT2D eigenvalue weighted by Crippen LogP contribution is 2.38. The number of azide groups is 1. The molecule has 6 atom stereocenters. The summed E-state index contributed by atoms with van der Waals surface area (Å²) in [7, 11) is 0. The lowest BCUT2D eigenvalue weighted by molar-refractivity contribution is -0.349. The summed E-state index contributed by atoms with van der Waals surface area (Å²) >= 11 is 0. The minimum atomic E-state index is -1.26. The van der Waals surface area contributed by atoms with E-state index in [4.69, 9.17) is 24.5 Å². The zero-order valence-corrected chi connectivity index (χ0v) is 20.8. The van der Waals surface area contributed by atoms with E-state index in [1.54, 1.807) is 24.3 Å². The molecule has 2 aromatic rings. The van der Waals surface area contributed by atoms with Crippen molar-refractivity contribution in [3.8, 4) is 0 Å². The topological polar surface area (TPSA) is 143 Å². The third-order valence-corrected chi connectivity index (χ3v) is 7.03. The van der Waals surface area contributed by atoms with Crippen molar-refractivity contribution in [2.24, 2.45) is 5.11 Å². The molecular weight excluding hydrogens is 492 g/mol. The zero-order chi connectivity index (χ0) is 26.5. The molecule has 11 nitrogen and oxygen atoms in total. The highest BCUT2D eigenvalue weighted by atomic mass is 16.7. The van der Waals surface area contributed by atoms with Crippen LogP contribution in [0.1, 0.15) is 58.3 Å². The monoisotopic (exact) mass is 522 g/mol. The van der Waals surface area contributed by atoms with Crippen molar-refractivity contribution in [2.45, 2.75) is 62.6 Å². The van der Waals surface area contributed by atoms with E-state index >= 15 is 0 Å². The minimum absolute atomic E-state index is 0.148. The van der Waals surface area contributed by atoms with Crippen molar-refractivity contribution in [2.75, 3.05) is 19.8 Å². The Balaban J connectivity index is 1.32. The van der Waals surface area contributed by atoms with Crippen LogP contribution in [0.25, 0.3) is 10.4 Å². The van der Waals surface area contributed by atoms with Crippen molar-refractivity contribution in [3.63, 3.8) is 0 Å². The van der Waals surface area contributed by atoms with Gasteiger partial charge in [0, 0.05) is 23.6 Å². The lowest BCUT2D eigenvalue weighted by Gasteiger charge is -2.49. The van der Waals surface area contributed by atoms with E-state index in [1.165, 1.54) is 0 Å². The molecular formula is C27H30N4O7. The number of carbonyl (C=O) groups is 2. The molecule has 2 saturated heterocycles. The van der Waals surface area contributed by atoms with E-state index in [9.17, 15) is 14.7 Å². The van der Waals surface area contributed by atoms with Gasteiger partial charge >= 0.3 is 0 Å². The average Bonchev–Trinajstić information content (AvgIpc) is 3.20. The minimum Gasteiger partial charge on any atom is -0.388 e. The second kappa shape index (κ2) is 12.0. The molecule has 3 aliphatic heterocycles. The van der Waals surface area contributed by atoms with Gasteiger partial charge in [-0.2, -0.15) is 0 Å². The molecule has 0 aromatic heterocycles. The second-order valence-corrected chi connectivity index (χ2v) is 9.47. The Morgan fingerprint density at radius 3 is 2.37 bits per heavy atom. The number of benzene rings is 2. The molecule has 3 heterocycles. The van der Waals surface area contributed by atoms with Gasteiger partial charge in [0.05, 0.1) is 17.7 Å². The molecule has 2 amide bonds. The zero-order valence-electron chi connectivity index (χ0n) is 20.8. The normalized spacial score (nSPS) is 28.5. The largest absolute Gasteiger partial charge is 0.388 e. The Hall–Kier alpha value is -3.31. The van der Waals surface area contributed by atoms with Crippen LogP contribution in [0.4, 0.5) is 0 Å². The molecule has 11 heteroatoms. The number of amides is 2. The molecule has 38 heavy (non-hydrogen) atoms. The molecule has 3 aliphatic rings. The first-order valence-corrected chi connectivity index (χ1v) is 12.8. The Morgan fingerprint density at radius 2 is 1.66 bits per heavy atom. The molecule has 5 rings (SSSR count). The number of ether oxygens (including phenoxy) is 4. The summed E-state index contributed by atoms with van der Waals surface area (Å²) in [6.07, 6.45) is -1.36. The van der Waals surface area contributed by atoms with Crippen LogP contribution in [0.15, 0.2) is 59.7 Å². The quantitative estimate of drug-likeness (QED) is 0.165. The van der Waals surface area contributed by atoms with E-state index < -0.39 is 48.7 Å². The van der Waals surface area contributed by atoms with Gasteiger partial charge in [0.15, 0.2) is 12.6 Å². The number of nitrogens with zero attached hydrogens (tertiary/aromatic N) is 4. The highest BCUT2D eigenvalue weighted by molar-refractivity contribution is 6.21. The van der Waals surface area contributed by atoms with Crippen LogP contribution in [-0.4, -0.2) is 72.2 Å². The van der Waals surface area contributed by atoms with Gasteiger partial charge in [-0.1, -0.05) is 60.4 Å². The molecule has 0 spiro atoms. The predicted molar refractivity (Wildman–Crippen MR) is 134 cm³/mol. The molecule has 0 radical (unpaired) electrons. The Kier molecular flexibility index (Phi) is 8.33. The maximum absolute atomic E-state index is 13.3. The van der Waals surface area contributed by atoms with E-state index in [1.807, 2.05) is 30.3 Å². The molecule has 2 fully saturated rings. The van der Waals surface area contributed by atoms with Crippen molar-refractivity contribution >= 4 is 11.8 Å². The summed E-state index contributed by atoms with van der Waals surface area (Å²) in [6, 6.07) is 14.8. The van der Waals surface area contributed by atoms with Crippen LogP contribution >= 0.6 is 0 Å². The summed E-state index contributed by atoms with van der Waals surface area (Å²) in [5.74, 6) is -1.01. The van der Waals surface area contributed by atoms with Gasteiger partial charge in [-0.05, 0) is 30.5 Å². The van der Waals surface area contributed by atoms with Crippen LogP contribution in [0.3, 0.4) is 0 Å². The number of carbonyl (C=O) groups excluding carboxylic acids is 2.